The molecule has 2 heterocycles. The number of aryl methyl sites for hydroxylation is 1. The summed E-state index contributed by atoms with van der Waals surface area (Å²) in [6.07, 6.45) is 5.77. The van der Waals surface area contributed by atoms with Crippen molar-refractivity contribution in [1.82, 2.24) is 14.8 Å². The van der Waals surface area contributed by atoms with Gasteiger partial charge in [0, 0.05) is 22.7 Å². The number of halogens is 2. The van der Waals surface area contributed by atoms with Gasteiger partial charge in [-0.25, -0.2) is 13.8 Å². The van der Waals surface area contributed by atoms with Crippen molar-refractivity contribution in [3.05, 3.63) is 83.7 Å². The van der Waals surface area contributed by atoms with Crippen LogP contribution in [0.25, 0.3) is 34.3 Å². The first-order chi connectivity index (χ1) is 14.1. The molecule has 29 heavy (non-hydrogen) atoms. The van der Waals surface area contributed by atoms with Crippen molar-refractivity contribution in [2.45, 2.75) is 13.0 Å². The molecule has 4 aromatic rings. The molecule has 142 valence electrons. The van der Waals surface area contributed by atoms with E-state index in [-0.39, 0.29) is 0 Å². The zero-order chi connectivity index (χ0) is 20.2. The van der Waals surface area contributed by atoms with Crippen LogP contribution in [0.4, 0.5) is 8.78 Å². The maximum absolute atomic E-state index is 13.7. The standard InChI is InChI=1S/C23H16F2N4/c24-20-11-8-17(14-21(20)25)23-18(15-29(28-23)13-3-12-26)7-10-19-9-6-16-4-1-2-5-22(16)27-19/h1-2,4-11,14-15H,3,13H2/b10-7+. The number of hydrogen-bond donors (Lipinski definition) is 0. The second kappa shape index (κ2) is 8.03. The fraction of sp³-hybridized carbons (Fsp3) is 0.0870. The number of benzene rings is 2. The van der Waals surface area contributed by atoms with Gasteiger partial charge in [-0.15, -0.1) is 0 Å². The van der Waals surface area contributed by atoms with Crippen LogP contribution < -0.4 is 0 Å². The molecule has 0 spiro atoms. The molecular formula is C23H16F2N4. The SMILES string of the molecule is N#CCCn1cc(/C=C/c2ccc3ccccc3n2)c(-c2ccc(F)c(F)c2)n1. The van der Waals surface area contributed by atoms with E-state index >= 15 is 0 Å². The van der Waals surface area contributed by atoms with E-state index in [0.717, 1.165) is 34.3 Å². The summed E-state index contributed by atoms with van der Waals surface area (Å²) in [7, 11) is 0. The van der Waals surface area contributed by atoms with Crippen LogP contribution in [0.3, 0.4) is 0 Å². The minimum atomic E-state index is -0.930. The van der Waals surface area contributed by atoms with Gasteiger partial charge in [0.15, 0.2) is 11.6 Å². The number of nitrogens with zero attached hydrogens (tertiary/aromatic N) is 4. The van der Waals surface area contributed by atoms with E-state index in [1.54, 1.807) is 10.9 Å². The summed E-state index contributed by atoms with van der Waals surface area (Å²) in [5.41, 5.74) is 3.36. The molecule has 4 rings (SSSR count). The predicted octanol–water partition coefficient (Wildman–Crippen LogP) is 5.46. The van der Waals surface area contributed by atoms with E-state index in [2.05, 4.69) is 16.2 Å². The Balaban J connectivity index is 1.72. The molecule has 4 nitrogen and oxygen atoms in total. The summed E-state index contributed by atoms with van der Waals surface area (Å²) in [5, 5.41) is 14.3. The van der Waals surface area contributed by atoms with E-state index in [9.17, 15) is 8.78 Å². The normalized spacial score (nSPS) is 11.2. The van der Waals surface area contributed by atoms with Crippen molar-refractivity contribution in [3.63, 3.8) is 0 Å². The molecule has 0 aliphatic rings. The van der Waals surface area contributed by atoms with Gasteiger partial charge in [-0.3, -0.25) is 4.68 Å². The number of nitriles is 1. The molecule has 0 fully saturated rings. The molecule has 0 saturated heterocycles. The molecule has 2 aromatic heterocycles. The number of rotatable bonds is 5. The van der Waals surface area contributed by atoms with Crippen LogP contribution in [0.15, 0.2) is 60.8 Å². The Morgan fingerprint density at radius 2 is 1.86 bits per heavy atom. The fourth-order valence-electron chi connectivity index (χ4n) is 3.06. The summed E-state index contributed by atoms with van der Waals surface area (Å²) in [4.78, 5) is 4.61. The van der Waals surface area contributed by atoms with Crippen LogP contribution in [-0.2, 0) is 6.54 Å². The minimum absolute atomic E-state index is 0.300. The average Bonchev–Trinajstić information content (AvgIpc) is 3.15. The van der Waals surface area contributed by atoms with Crippen molar-refractivity contribution in [3.8, 4) is 17.3 Å². The second-order valence-electron chi connectivity index (χ2n) is 6.50. The predicted molar refractivity (Wildman–Crippen MR) is 108 cm³/mol. The monoisotopic (exact) mass is 386 g/mol. The number of fused-ring (bicyclic) bond motifs is 1. The maximum Gasteiger partial charge on any atom is 0.159 e. The van der Waals surface area contributed by atoms with Gasteiger partial charge in [-0.2, -0.15) is 10.4 Å². The van der Waals surface area contributed by atoms with Crippen LogP contribution in [-0.4, -0.2) is 14.8 Å². The van der Waals surface area contributed by atoms with E-state index < -0.39 is 11.6 Å². The largest absolute Gasteiger partial charge is 0.270 e. The zero-order valence-electron chi connectivity index (χ0n) is 15.4. The third-order valence-corrected chi connectivity index (χ3v) is 4.49. The van der Waals surface area contributed by atoms with Gasteiger partial charge in [0.05, 0.1) is 35.9 Å². The van der Waals surface area contributed by atoms with Gasteiger partial charge in [0.1, 0.15) is 0 Å². The number of para-hydroxylation sites is 1. The summed E-state index contributed by atoms with van der Waals surface area (Å²) >= 11 is 0. The Labute approximate surface area is 166 Å². The first kappa shape index (κ1) is 18.5. The lowest BCUT2D eigenvalue weighted by Gasteiger charge is -2.01. The number of hydrogen-bond acceptors (Lipinski definition) is 3. The highest BCUT2D eigenvalue weighted by Gasteiger charge is 2.12. The second-order valence-corrected chi connectivity index (χ2v) is 6.50. The van der Waals surface area contributed by atoms with Crippen LogP contribution in [0.2, 0.25) is 0 Å². The van der Waals surface area contributed by atoms with Gasteiger partial charge in [-0.05, 0) is 42.5 Å². The van der Waals surface area contributed by atoms with Gasteiger partial charge in [0.2, 0.25) is 0 Å². The van der Waals surface area contributed by atoms with Crippen molar-refractivity contribution >= 4 is 23.1 Å². The summed E-state index contributed by atoms with van der Waals surface area (Å²) < 4.78 is 28.7. The highest BCUT2D eigenvalue weighted by atomic mass is 19.2. The van der Waals surface area contributed by atoms with Crippen molar-refractivity contribution < 1.29 is 8.78 Å². The smallest absolute Gasteiger partial charge is 0.159 e. The Morgan fingerprint density at radius 3 is 2.69 bits per heavy atom. The van der Waals surface area contributed by atoms with E-state index in [1.807, 2.05) is 48.6 Å². The van der Waals surface area contributed by atoms with E-state index in [1.165, 1.54) is 6.07 Å². The highest BCUT2D eigenvalue weighted by molar-refractivity contribution is 5.82. The van der Waals surface area contributed by atoms with E-state index in [0.29, 0.717) is 24.2 Å². The average molecular weight is 386 g/mol. The molecule has 0 bridgehead atoms. The summed E-state index contributed by atoms with van der Waals surface area (Å²) in [6.45, 7) is 0.412. The van der Waals surface area contributed by atoms with Crippen LogP contribution >= 0.6 is 0 Å². The summed E-state index contributed by atoms with van der Waals surface area (Å²) in [6, 6.07) is 17.5. The van der Waals surface area contributed by atoms with Gasteiger partial charge >= 0.3 is 0 Å². The molecule has 0 saturated carbocycles. The molecule has 0 aliphatic heterocycles. The van der Waals surface area contributed by atoms with Crippen molar-refractivity contribution in [2.75, 3.05) is 0 Å². The summed E-state index contributed by atoms with van der Waals surface area (Å²) in [5.74, 6) is -1.84. The molecule has 2 aromatic carbocycles. The van der Waals surface area contributed by atoms with Crippen LogP contribution in [0, 0.1) is 23.0 Å². The lowest BCUT2D eigenvalue weighted by Crippen LogP contribution is -1.97. The fourth-order valence-corrected chi connectivity index (χ4v) is 3.06. The third-order valence-electron chi connectivity index (χ3n) is 4.49. The van der Waals surface area contributed by atoms with Gasteiger partial charge in [0.25, 0.3) is 0 Å². The molecule has 0 radical (unpaired) electrons. The first-order valence-electron chi connectivity index (χ1n) is 9.08. The van der Waals surface area contributed by atoms with Crippen LogP contribution in [0.5, 0.6) is 0 Å². The number of aromatic nitrogens is 3. The molecule has 0 N–H and O–H groups in total. The lowest BCUT2D eigenvalue weighted by molar-refractivity contribution is 0.509. The highest BCUT2D eigenvalue weighted by Crippen LogP contribution is 2.26. The molecule has 0 aliphatic carbocycles. The van der Waals surface area contributed by atoms with Gasteiger partial charge in [-0.1, -0.05) is 24.3 Å². The number of pyridine rings is 1. The third kappa shape index (κ3) is 4.04. The molecule has 0 unspecified atom stereocenters. The Morgan fingerprint density at radius 1 is 1.00 bits per heavy atom. The van der Waals surface area contributed by atoms with Crippen molar-refractivity contribution in [2.24, 2.45) is 0 Å². The minimum Gasteiger partial charge on any atom is -0.270 e. The lowest BCUT2D eigenvalue weighted by atomic mass is 10.1. The molecular weight excluding hydrogens is 370 g/mol. The first-order valence-corrected chi connectivity index (χ1v) is 9.08. The topological polar surface area (TPSA) is 54.5 Å². The zero-order valence-corrected chi connectivity index (χ0v) is 15.4. The molecule has 0 amide bonds. The van der Waals surface area contributed by atoms with Gasteiger partial charge < -0.3 is 0 Å². The Bertz CT molecular complexity index is 1250. The molecule has 0 atom stereocenters. The Kier molecular flexibility index (Phi) is 5.12. The molecule has 6 heteroatoms. The Hall–Kier alpha value is -3.85. The maximum atomic E-state index is 13.7. The quantitative estimate of drug-likeness (QED) is 0.458. The van der Waals surface area contributed by atoms with Crippen molar-refractivity contribution in [1.29, 1.82) is 5.26 Å². The van der Waals surface area contributed by atoms with Crippen LogP contribution in [0.1, 0.15) is 17.7 Å². The van der Waals surface area contributed by atoms with E-state index in [4.69, 9.17) is 5.26 Å².